The van der Waals surface area contributed by atoms with Crippen LogP contribution in [0.15, 0.2) is 24.7 Å². The average molecular weight is 219 g/mol. The van der Waals surface area contributed by atoms with Crippen LogP contribution >= 0.6 is 0 Å². The van der Waals surface area contributed by atoms with Gasteiger partial charge in [-0.25, -0.2) is 4.98 Å². The van der Waals surface area contributed by atoms with Gasteiger partial charge in [-0.1, -0.05) is 0 Å². The van der Waals surface area contributed by atoms with Crippen molar-refractivity contribution >= 4 is 11.6 Å². The molecule has 0 aromatic carbocycles. The number of rotatable bonds is 3. The third kappa shape index (κ3) is 1.84. The number of nitrogens with two attached hydrogens (primary N) is 1. The number of imidazole rings is 1. The maximum Gasteiger partial charge on any atom is 0.253 e. The highest BCUT2D eigenvalue weighted by Gasteiger charge is 2.13. The lowest BCUT2D eigenvalue weighted by molar-refractivity contribution is 0.0994. The molecule has 0 spiro atoms. The summed E-state index contributed by atoms with van der Waals surface area (Å²) in [6.07, 6.45) is 5.01. The van der Waals surface area contributed by atoms with Crippen LogP contribution in [-0.2, 0) is 0 Å². The van der Waals surface area contributed by atoms with Gasteiger partial charge >= 0.3 is 0 Å². The lowest BCUT2D eigenvalue weighted by atomic mass is 10.2. The molecule has 0 saturated carbocycles. The van der Waals surface area contributed by atoms with E-state index >= 15 is 0 Å². The summed E-state index contributed by atoms with van der Waals surface area (Å²) in [6.45, 7) is 3.78. The molecule has 0 radical (unpaired) electrons. The Balaban J connectivity index is 2.57. The van der Waals surface area contributed by atoms with Gasteiger partial charge in [-0.3, -0.25) is 4.79 Å². The second-order valence-electron chi connectivity index (χ2n) is 3.77. The zero-order valence-corrected chi connectivity index (χ0v) is 9.18. The minimum absolute atomic E-state index is 0.0180. The lowest BCUT2D eigenvalue weighted by Gasteiger charge is -2.12. The fourth-order valence-electron chi connectivity index (χ4n) is 1.48. The molecule has 0 aliphatic rings. The second kappa shape index (κ2) is 3.84. The van der Waals surface area contributed by atoms with Gasteiger partial charge in [0.1, 0.15) is 11.4 Å². The summed E-state index contributed by atoms with van der Waals surface area (Å²) < 4.78 is 7.26. The van der Waals surface area contributed by atoms with Crippen LogP contribution in [0.3, 0.4) is 0 Å². The summed E-state index contributed by atoms with van der Waals surface area (Å²) >= 11 is 0. The summed E-state index contributed by atoms with van der Waals surface area (Å²) in [5.41, 5.74) is 6.38. The third-order valence-corrected chi connectivity index (χ3v) is 2.12. The Labute approximate surface area is 92.8 Å². The monoisotopic (exact) mass is 219 g/mol. The van der Waals surface area contributed by atoms with Crippen LogP contribution in [0, 0.1) is 0 Å². The van der Waals surface area contributed by atoms with E-state index in [0.29, 0.717) is 11.3 Å². The molecule has 2 aromatic rings. The number of amides is 1. The normalized spacial score (nSPS) is 10.9. The fourth-order valence-corrected chi connectivity index (χ4v) is 1.48. The van der Waals surface area contributed by atoms with Gasteiger partial charge < -0.3 is 14.9 Å². The van der Waals surface area contributed by atoms with Crippen LogP contribution in [0.25, 0.3) is 5.65 Å². The van der Waals surface area contributed by atoms with Crippen LogP contribution < -0.4 is 10.5 Å². The molecule has 0 fully saturated rings. The van der Waals surface area contributed by atoms with Crippen LogP contribution in [0.1, 0.15) is 24.2 Å². The number of pyridine rings is 1. The first kappa shape index (κ1) is 10.5. The van der Waals surface area contributed by atoms with Gasteiger partial charge in [-0.15, -0.1) is 0 Å². The predicted molar refractivity (Wildman–Crippen MR) is 59.5 cm³/mol. The van der Waals surface area contributed by atoms with Gasteiger partial charge in [0.15, 0.2) is 0 Å². The Morgan fingerprint density at radius 1 is 1.56 bits per heavy atom. The first-order valence-corrected chi connectivity index (χ1v) is 5.01. The van der Waals surface area contributed by atoms with Gasteiger partial charge in [0, 0.05) is 24.7 Å². The number of carbonyl (C=O) groups excluding carboxylic acids is 1. The summed E-state index contributed by atoms with van der Waals surface area (Å²) in [7, 11) is 0. The van der Waals surface area contributed by atoms with Crippen molar-refractivity contribution in [1.82, 2.24) is 9.38 Å². The molecule has 2 heterocycles. The van der Waals surface area contributed by atoms with Crippen molar-refractivity contribution in [1.29, 1.82) is 0 Å². The molecule has 0 aliphatic heterocycles. The first-order valence-electron chi connectivity index (χ1n) is 5.01. The van der Waals surface area contributed by atoms with E-state index in [1.165, 1.54) is 0 Å². The minimum atomic E-state index is -0.508. The summed E-state index contributed by atoms with van der Waals surface area (Å²) in [4.78, 5) is 15.4. The number of aromatic nitrogens is 2. The van der Waals surface area contributed by atoms with E-state index in [9.17, 15) is 4.79 Å². The number of ether oxygens (including phenoxy) is 1. The molecule has 0 atom stereocenters. The Morgan fingerprint density at radius 2 is 2.31 bits per heavy atom. The topological polar surface area (TPSA) is 69.6 Å². The Hall–Kier alpha value is -2.04. The van der Waals surface area contributed by atoms with E-state index in [1.54, 1.807) is 29.1 Å². The standard InChI is InChI=1S/C11H13N3O2/c1-7(2)16-9-5-10-13-3-4-14(10)6-8(9)11(12)15/h3-7H,1-2H3,(H2,12,15). The van der Waals surface area contributed by atoms with E-state index in [4.69, 9.17) is 10.5 Å². The third-order valence-electron chi connectivity index (χ3n) is 2.12. The zero-order chi connectivity index (χ0) is 11.7. The molecule has 2 N–H and O–H groups in total. The zero-order valence-electron chi connectivity index (χ0n) is 9.18. The quantitative estimate of drug-likeness (QED) is 0.843. The fraction of sp³-hybridized carbons (Fsp3) is 0.273. The van der Waals surface area contributed by atoms with Crippen molar-refractivity contribution in [2.24, 2.45) is 5.73 Å². The number of primary amides is 1. The number of hydrogen-bond acceptors (Lipinski definition) is 3. The molecular formula is C11H13N3O2. The highest BCUT2D eigenvalue weighted by atomic mass is 16.5. The van der Waals surface area contributed by atoms with Crippen molar-refractivity contribution in [3.8, 4) is 5.75 Å². The van der Waals surface area contributed by atoms with Crippen molar-refractivity contribution in [3.63, 3.8) is 0 Å². The maximum absolute atomic E-state index is 11.3. The molecule has 0 unspecified atom stereocenters. The number of carbonyl (C=O) groups is 1. The van der Waals surface area contributed by atoms with E-state index < -0.39 is 5.91 Å². The van der Waals surface area contributed by atoms with E-state index in [-0.39, 0.29) is 6.10 Å². The second-order valence-corrected chi connectivity index (χ2v) is 3.77. The number of fused-ring (bicyclic) bond motifs is 1. The van der Waals surface area contributed by atoms with Gasteiger partial charge in [0.05, 0.1) is 11.7 Å². The van der Waals surface area contributed by atoms with Crippen LogP contribution in [-0.4, -0.2) is 21.4 Å². The SMILES string of the molecule is CC(C)Oc1cc2nccn2cc1C(N)=O. The summed E-state index contributed by atoms with van der Waals surface area (Å²) in [5.74, 6) is -0.0348. The molecular weight excluding hydrogens is 206 g/mol. The first-order chi connectivity index (χ1) is 7.58. The molecule has 84 valence electrons. The molecule has 0 bridgehead atoms. The Morgan fingerprint density at radius 3 is 2.94 bits per heavy atom. The molecule has 2 aromatic heterocycles. The highest BCUT2D eigenvalue weighted by Crippen LogP contribution is 2.21. The average Bonchev–Trinajstić information content (AvgIpc) is 2.62. The smallest absolute Gasteiger partial charge is 0.253 e. The van der Waals surface area contributed by atoms with E-state index in [0.717, 1.165) is 5.65 Å². The Kier molecular flexibility index (Phi) is 2.52. The van der Waals surface area contributed by atoms with Crippen LogP contribution in [0.4, 0.5) is 0 Å². The molecule has 5 nitrogen and oxygen atoms in total. The molecule has 0 aliphatic carbocycles. The molecule has 2 rings (SSSR count). The van der Waals surface area contributed by atoms with Crippen molar-refractivity contribution < 1.29 is 9.53 Å². The van der Waals surface area contributed by atoms with E-state index in [1.807, 2.05) is 13.8 Å². The molecule has 0 saturated heterocycles. The van der Waals surface area contributed by atoms with Gasteiger partial charge in [0.25, 0.3) is 5.91 Å². The van der Waals surface area contributed by atoms with Crippen LogP contribution in [0.5, 0.6) is 5.75 Å². The van der Waals surface area contributed by atoms with Crippen molar-refractivity contribution in [3.05, 3.63) is 30.2 Å². The lowest BCUT2D eigenvalue weighted by Crippen LogP contribution is -2.16. The molecule has 16 heavy (non-hydrogen) atoms. The highest BCUT2D eigenvalue weighted by molar-refractivity contribution is 5.95. The summed E-state index contributed by atoms with van der Waals surface area (Å²) in [5, 5.41) is 0. The number of nitrogens with zero attached hydrogens (tertiary/aromatic N) is 2. The summed E-state index contributed by atoms with van der Waals surface area (Å²) in [6, 6.07) is 1.71. The minimum Gasteiger partial charge on any atom is -0.490 e. The van der Waals surface area contributed by atoms with Crippen LogP contribution in [0.2, 0.25) is 0 Å². The van der Waals surface area contributed by atoms with Gasteiger partial charge in [0.2, 0.25) is 0 Å². The van der Waals surface area contributed by atoms with E-state index in [2.05, 4.69) is 4.98 Å². The molecule has 1 amide bonds. The predicted octanol–water partition coefficient (Wildman–Crippen LogP) is 1.22. The number of hydrogen-bond donors (Lipinski definition) is 1. The van der Waals surface area contributed by atoms with Crippen molar-refractivity contribution in [2.75, 3.05) is 0 Å². The largest absolute Gasteiger partial charge is 0.490 e. The molecule has 5 heteroatoms. The van der Waals surface area contributed by atoms with Crippen molar-refractivity contribution in [2.45, 2.75) is 20.0 Å². The van der Waals surface area contributed by atoms with Gasteiger partial charge in [-0.2, -0.15) is 0 Å². The Bertz CT molecular complexity index is 531. The van der Waals surface area contributed by atoms with Gasteiger partial charge in [-0.05, 0) is 13.8 Å². The maximum atomic E-state index is 11.3.